The third-order valence-electron chi connectivity index (χ3n) is 5.10. The fourth-order valence-electron chi connectivity index (χ4n) is 3.75. The Bertz CT molecular complexity index is 1010. The second-order valence-corrected chi connectivity index (χ2v) is 8.32. The van der Waals surface area contributed by atoms with E-state index >= 15 is 0 Å². The molecule has 29 heavy (non-hydrogen) atoms. The molecule has 0 spiro atoms. The van der Waals surface area contributed by atoms with Crippen LogP contribution in [-0.2, 0) is 11.2 Å². The van der Waals surface area contributed by atoms with Crippen LogP contribution < -0.4 is 20.7 Å². The molecule has 0 fully saturated rings. The molecular weight excluding hydrogens is 397 g/mol. The highest BCUT2D eigenvalue weighted by Gasteiger charge is 2.37. The SMILES string of the molecule is CC1(C)C[C@@H](NC(=O)Nc2ccc3c(c2)NC(=O)CC3)c2ccc(Cl)c(F)c2O1. The Morgan fingerprint density at radius 2 is 2.07 bits per heavy atom. The van der Waals surface area contributed by atoms with Crippen LogP contribution in [0.1, 0.15) is 43.9 Å². The van der Waals surface area contributed by atoms with Gasteiger partial charge in [-0.05, 0) is 44.0 Å². The first kappa shape index (κ1) is 19.5. The molecule has 0 saturated heterocycles. The number of aryl methyl sites for hydroxylation is 1. The first-order valence-corrected chi connectivity index (χ1v) is 9.77. The van der Waals surface area contributed by atoms with Crippen molar-refractivity contribution in [2.75, 3.05) is 10.6 Å². The Morgan fingerprint density at radius 3 is 2.86 bits per heavy atom. The molecular formula is C21H21ClFN3O3. The van der Waals surface area contributed by atoms with Crippen molar-refractivity contribution < 1.29 is 18.7 Å². The van der Waals surface area contributed by atoms with Gasteiger partial charge in [-0.15, -0.1) is 0 Å². The molecule has 4 rings (SSSR count). The van der Waals surface area contributed by atoms with Crippen LogP contribution in [0.2, 0.25) is 5.02 Å². The van der Waals surface area contributed by atoms with Crippen molar-refractivity contribution in [3.05, 3.63) is 52.3 Å². The number of urea groups is 1. The minimum atomic E-state index is -0.674. The van der Waals surface area contributed by atoms with E-state index in [0.717, 1.165) is 5.56 Å². The first-order chi connectivity index (χ1) is 13.7. The molecule has 8 heteroatoms. The highest BCUT2D eigenvalue weighted by atomic mass is 35.5. The van der Waals surface area contributed by atoms with Gasteiger partial charge in [0.15, 0.2) is 11.6 Å². The summed E-state index contributed by atoms with van der Waals surface area (Å²) in [5, 5.41) is 8.45. The van der Waals surface area contributed by atoms with Gasteiger partial charge in [-0.3, -0.25) is 4.79 Å². The molecule has 0 aliphatic carbocycles. The number of carbonyl (C=O) groups excluding carboxylic acids is 2. The van der Waals surface area contributed by atoms with E-state index in [2.05, 4.69) is 16.0 Å². The number of benzene rings is 2. The summed E-state index contributed by atoms with van der Waals surface area (Å²) in [6.07, 6.45) is 1.60. The third-order valence-corrected chi connectivity index (χ3v) is 5.39. The van der Waals surface area contributed by atoms with E-state index < -0.39 is 23.5 Å². The van der Waals surface area contributed by atoms with Gasteiger partial charge in [0.25, 0.3) is 0 Å². The van der Waals surface area contributed by atoms with Crippen LogP contribution in [0.3, 0.4) is 0 Å². The van der Waals surface area contributed by atoms with Gasteiger partial charge < -0.3 is 20.7 Å². The zero-order chi connectivity index (χ0) is 20.8. The monoisotopic (exact) mass is 417 g/mol. The number of anilines is 2. The fourth-order valence-corrected chi connectivity index (χ4v) is 3.90. The highest BCUT2D eigenvalue weighted by molar-refractivity contribution is 6.30. The maximum absolute atomic E-state index is 14.5. The van der Waals surface area contributed by atoms with E-state index in [-0.39, 0.29) is 16.7 Å². The lowest BCUT2D eigenvalue weighted by atomic mass is 9.89. The van der Waals surface area contributed by atoms with Gasteiger partial charge in [0.2, 0.25) is 5.91 Å². The normalized spacial score (nSPS) is 19.3. The molecule has 2 aromatic rings. The number of nitrogens with one attached hydrogen (secondary N) is 3. The van der Waals surface area contributed by atoms with Crippen molar-refractivity contribution in [2.45, 2.75) is 44.8 Å². The van der Waals surface area contributed by atoms with Gasteiger partial charge in [-0.2, -0.15) is 0 Å². The maximum Gasteiger partial charge on any atom is 0.319 e. The minimum Gasteiger partial charge on any atom is -0.484 e. The van der Waals surface area contributed by atoms with Gasteiger partial charge in [0, 0.05) is 29.8 Å². The number of carbonyl (C=O) groups is 2. The zero-order valence-corrected chi connectivity index (χ0v) is 16.8. The van der Waals surface area contributed by atoms with Crippen molar-refractivity contribution in [3.63, 3.8) is 0 Å². The van der Waals surface area contributed by atoms with Crippen molar-refractivity contribution in [3.8, 4) is 5.75 Å². The molecule has 0 radical (unpaired) electrons. The lowest BCUT2D eigenvalue weighted by Gasteiger charge is -2.38. The lowest BCUT2D eigenvalue weighted by Crippen LogP contribution is -2.42. The number of ether oxygens (including phenoxy) is 1. The molecule has 0 aromatic heterocycles. The Hall–Kier alpha value is -2.80. The van der Waals surface area contributed by atoms with Crippen molar-refractivity contribution in [1.29, 1.82) is 0 Å². The smallest absolute Gasteiger partial charge is 0.319 e. The molecule has 3 N–H and O–H groups in total. The summed E-state index contributed by atoms with van der Waals surface area (Å²) in [6, 6.07) is 7.64. The Morgan fingerprint density at radius 1 is 1.28 bits per heavy atom. The molecule has 2 heterocycles. The first-order valence-electron chi connectivity index (χ1n) is 9.39. The largest absolute Gasteiger partial charge is 0.484 e. The van der Waals surface area contributed by atoms with Crippen molar-refractivity contribution >= 4 is 34.9 Å². The molecule has 6 nitrogen and oxygen atoms in total. The van der Waals surface area contributed by atoms with Gasteiger partial charge in [-0.1, -0.05) is 23.7 Å². The lowest BCUT2D eigenvalue weighted by molar-refractivity contribution is -0.116. The molecule has 152 valence electrons. The van der Waals surface area contributed by atoms with Crippen LogP contribution in [0.4, 0.5) is 20.6 Å². The Balaban J connectivity index is 1.53. The zero-order valence-electron chi connectivity index (χ0n) is 16.1. The topological polar surface area (TPSA) is 79.5 Å². The number of hydrogen-bond donors (Lipinski definition) is 3. The standard InChI is InChI=1S/C21H21ClFN3O3/c1-21(2)10-16(13-6-7-14(22)18(23)19(13)29-21)26-20(28)24-12-5-3-11-4-8-17(27)25-15(11)9-12/h3,5-7,9,16H,4,8,10H2,1-2H3,(H,25,27)(H2,24,26,28)/t16-/m1/s1. The molecule has 2 aliphatic rings. The van der Waals surface area contributed by atoms with Crippen LogP contribution in [0.5, 0.6) is 5.75 Å². The predicted molar refractivity (Wildman–Crippen MR) is 109 cm³/mol. The number of halogens is 2. The summed E-state index contributed by atoms with van der Waals surface area (Å²) in [7, 11) is 0. The summed E-state index contributed by atoms with van der Waals surface area (Å²) in [6.45, 7) is 3.66. The Labute approximate surface area is 172 Å². The number of amides is 3. The maximum atomic E-state index is 14.5. The second-order valence-electron chi connectivity index (χ2n) is 7.92. The summed E-state index contributed by atoms with van der Waals surface area (Å²) in [5.41, 5.74) is 2.15. The van der Waals surface area contributed by atoms with E-state index in [1.165, 1.54) is 6.07 Å². The minimum absolute atomic E-state index is 0.0271. The molecule has 2 aromatic carbocycles. The van der Waals surface area contributed by atoms with E-state index in [0.29, 0.717) is 36.2 Å². The third kappa shape index (κ3) is 4.00. The van der Waals surface area contributed by atoms with Crippen LogP contribution in [0.25, 0.3) is 0 Å². The number of hydrogen-bond acceptors (Lipinski definition) is 3. The molecule has 0 unspecified atom stereocenters. The molecule has 0 saturated carbocycles. The summed E-state index contributed by atoms with van der Waals surface area (Å²) in [5.74, 6) is -0.606. The van der Waals surface area contributed by atoms with E-state index in [1.54, 1.807) is 18.2 Å². The quantitative estimate of drug-likeness (QED) is 0.657. The van der Waals surface area contributed by atoms with E-state index in [9.17, 15) is 14.0 Å². The average Bonchev–Trinajstić information content (AvgIpc) is 2.64. The molecule has 0 bridgehead atoms. The van der Waals surface area contributed by atoms with Crippen LogP contribution in [-0.4, -0.2) is 17.5 Å². The molecule has 1 atom stereocenters. The molecule has 2 aliphatic heterocycles. The van der Waals surface area contributed by atoms with Crippen LogP contribution in [0, 0.1) is 5.82 Å². The van der Waals surface area contributed by atoms with Gasteiger partial charge in [-0.25, -0.2) is 9.18 Å². The average molecular weight is 418 g/mol. The Kier molecular flexibility index (Phi) is 4.86. The van der Waals surface area contributed by atoms with Crippen molar-refractivity contribution in [2.24, 2.45) is 0 Å². The molecule has 3 amide bonds. The fraction of sp³-hybridized carbons (Fsp3) is 0.333. The number of fused-ring (bicyclic) bond motifs is 2. The summed E-state index contributed by atoms with van der Waals surface area (Å²) >= 11 is 5.88. The second kappa shape index (κ2) is 7.22. The predicted octanol–water partition coefficient (Wildman–Crippen LogP) is 4.79. The van der Waals surface area contributed by atoms with E-state index in [4.69, 9.17) is 16.3 Å². The van der Waals surface area contributed by atoms with Crippen LogP contribution in [0.15, 0.2) is 30.3 Å². The van der Waals surface area contributed by atoms with Gasteiger partial charge >= 0.3 is 6.03 Å². The highest BCUT2D eigenvalue weighted by Crippen LogP contribution is 2.42. The number of rotatable bonds is 2. The van der Waals surface area contributed by atoms with E-state index in [1.807, 2.05) is 19.9 Å². The summed E-state index contributed by atoms with van der Waals surface area (Å²) in [4.78, 5) is 24.2. The van der Waals surface area contributed by atoms with Gasteiger partial charge in [0.05, 0.1) is 11.1 Å². The van der Waals surface area contributed by atoms with Gasteiger partial charge in [0.1, 0.15) is 5.60 Å². The van der Waals surface area contributed by atoms with Crippen molar-refractivity contribution in [1.82, 2.24) is 5.32 Å². The van der Waals surface area contributed by atoms with Crippen LogP contribution >= 0.6 is 11.6 Å². The summed E-state index contributed by atoms with van der Waals surface area (Å²) < 4.78 is 20.2.